The third kappa shape index (κ3) is 4.78. The lowest BCUT2D eigenvalue weighted by Gasteiger charge is -2.27. The van der Waals surface area contributed by atoms with Crippen molar-refractivity contribution in [3.63, 3.8) is 0 Å². The van der Waals surface area contributed by atoms with Gasteiger partial charge in [0.05, 0.1) is 19.8 Å². The number of nitrogens with one attached hydrogen (secondary N) is 1. The molecule has 1 amide bonds. The van der Waals surface area contributed by atoms with Crippen molar-refractivity contribution >= 4 is 5.91 Å². The molecule has 3 aromatic rings. The van der Waals surface area contributed by atoms with Crippen molar-refractivity contribution in [1.82, 2.24) is 15.1 Å². The average Bonchev–Trinajstić information content (AvgIpc) is 3.39. The number of hydrogen-bond acceptors (Lipinski definition) is 6. The summed E-state index contributed by atoms with van der Waals surface area (Å²) in [5, 5.41) is 18.4. The van der Waals surface area contributed by atoms with Crippen molar-refractivity contribution in [1.29, 1.82) is 0 Å². The van der Waals surface area contributed by atoms with Gasteiger partial charge in [-0.3, -0.25) is 9.89 Å². The number of amides is 1. The highest BCUT2D eigenvalue weighted by Crippen LogP contribution is 2.46. The van der Waals surface area contributed by atoms with Gasteiger partial charge in [0.15, 0.2) is 11.5 Å². The Hall–Kier alpha value is -3.52. The fraction of sp³-hybridized carbons (Fsp3) is 0.429. The lowest BCUT2D eigenvalue weighted by molar-refractivity contribution is 0.0723. The van der Waals surface area contributed by atoms with Crippen molar-refractivity contribution in [2.45, 2.75) is 40.2 Å². The Bertz CT molecular complexity index is 1250. The third-order valence-electron chi connectivity index (χ3n) is 6.39. The van der Waals surface area contributed by atoms with Crippen LogP contribution in [0, 0.1) is 19.8 Å². The maximum Gasteiger partial charge on any atom is 0.273 e. The molecule has 2 aromatic carbocycles. The molecule has 0 aliphatic carbocycles. The zero-order valence-electron chi connectivity index (χ0n) is 21.8. The molecule has 1 unspecified atom stereocenters. The van der Waals surface area contributed by atoms with E-state index in [1.165, 1.54) is 0 Å². The highest BCUT2D eigenvalue weighted by molar-refractivity contribution is 6.00. The lowest BCUT2D eigenvalue weighted by Crippen LogP contribution is -2.31. The normalized spacial score (nSPS) is 15.0. The van der Waals surface area contributed by atoms with Gasteiger partial charge in [0, 0.05) is 31.4 Å². The zero-order chi connectivity index (χ0) is 26.0. The smallest absolute Gasteiger partial charge is 0.273 e. The Balaban J connectivity index is 1.84. The standard InChI is InChI=1S/C28H35N3O5/c1-16(2)15-36-21-9-8-19(14-22(21)35-6)26-23-24(20-13-17(3)12-18(4)27(20)32)29-30-25(23)28(33)31(26)10-7-11-34-5/h8-9,12-14,16,26,32H,7,10-11,15H2,1-6H3,(H,29,30). The van der Waals surface area contributed by atoms with Gasteiger partial charge in [-0.05, 0) is 61.1 Å². The Morgan fingerprint density at radius 2 is 1.92 bits per heavy atom. The molecule has 0 saturated heterocycles. The summed E-state index contributed by atoms with van der Waals surface area (Å²) in [7, 11) is 3.26. The molecule has 2 heterocycles. The monoisotopic (exact) mass is 493 g/mol. The molecule has 0 spiro atoms. The zero-order valence-corrected chi connectivity index (χ0v) is 21.8. The molecule has 8 heteroatoms. The van der Waals surface area contributed by atoms with Crippen molar-refractivity contribution in [3.05, 3.63) is 58.3 Å². The van der Waals surface area contributed by atoms with Crippen LogP contribution in [0.5, 0.6) is 17.2 Å². The predicted octanol–water partition coefficient (Wildman–Crippen LogP) is 5.02. The van der Waals surface area contributed by atoms with Gasteiger partial charge in [-0.15, -0.1) is 0 Å². The molecule has 0 fully saturated rings. The number of aromatic amines is 1. The van der Waals surface area contributed by atoms with Gasteiger partial charge in [0.25, 0.3) is 5.91 Å². The summed E-state index contributed by atoms with van der Waals surface area (Å²) in [5.41, 5.74) is 4.99. The number of ether oxygens (including phenoxy) is 3. The summed E-state index contributed by atoms with van der Waals surface area (Å²) in [4.78, 5) is 15.4. The van der Waals surface area contributed by atoms with E-state index in [0.29, 0.717) is 60.5 Å². The molecule has 36 heavy (non-hydrogen) atoms. The molecule has 1 aromatic heterocycles. The number of carbonyl (C=O) groups excluding carboxylic acids is 1. The largest absolute Gasteiger partial charge is 0.507 e. The van der Waals surface area contributed by atoms with E-state index in [9.17, 15) is 9.90 Å². The third-order valence-corrected chi connectivity index (χ3v) is 6.39. The summed E-state index contributed by atoms with van der Waals surface area (Å²) in [5.74, 6) is 1.66. The highest BCUT2D eigenvalue weighted by Gasteiger charge is 2.42. The van der Waals surface area contributed by atoms with Crippen LogP contribution < -0.4 is 9.47 Å². The number of H-pyrrole nitrogens is 1. The molecule has 1 atom stereocenters. The number of aromatic nitrogens is 2. The molecule has 0 bridgehead atoms. The molecule has 0 radical (unpaired) electrons. The number of phenolic OH excluding ortho intramolecular Hbond substituents is 1. The van der Waals surface area contributed by atoms with E-state index in [0.717, 1.165) is 22.3 Å². The van der Waals surface area contributed by atoms with E-state index in [1.807, 2.05) is 49.1 Å². The fourth-order valence-electron chi connectivity index (χ4n) is 4.73. The van der Waals surface area contributed by atoms with Gasteiger partial charge < -0.3 is 24.2 Å². The van der Waals surface area contributed by atoms with Crippen LogP contribution in [0.4, 0.5) is 0 Å². The first kappa shape index (κ1) is 25.6. The molecule has 4 rings (SSSR count). The van der Waals surface area contributed by atoms with Gasteiger partial charge >= 0.3 is 0 Å². The van der Waals surface area contributed by atoms with Crippen LogP contribution in [0.1, 0.15) is 59.1 Å². The molecular weight excluding hydrogens is 458 g/mol. The van der Waals surface area contributed by atoms with Gasteiger partial charge in [-0.2, -0.15) is 5.10 Å². The Kier molecular flexibility index (Phi) is 7.54. The van der Waals surface area contributed by atoms with Crippen molar-refractivity contribution in [2.24, 2.45) is 5.92 Å². The average molecular weight is 494 g/mol. The van der Waals surface area contributed by atoms with Gasteiger partial charge in [-0.25, -0.2) is 0 Å². The summed E-state index contributed by atoms with van der Waals surface area (Å²) in [6, 6.07) is 9.19. The lowest BCUT2D eigenvalue weighted by atomic mass is 9.94. The maximum atomic E-state index is 13.5. The second-order valence-corrected chi connectivity index (χ2v) is 9.70. The summed E-state index contributed by atoms with van der Waals surface area (Å²) in [6.45, 7) is 9.64. The molecule has 2 N–H and O–H groups in total. The van der Waals surface area contributed by atoms with Gasteiger partial charge in [0.1, 0.15) is 17.1 Å². The molecule has 1 aliphatic heterocycles. The second kappa shape index (κ2) is 10.6. The van der Waals surface area contributed by atoms with Crippen LogP contribution in [0.2, 0.25) is 0 Å². The van der Waals surface area contributed by atoms with Crippen LogP contribution in [-0.2, 0) is 4.74 Å². The summed E-state index contributed by atoms with van der Waals surface area (Å²) >= 11 is 0. The maximum absolute atomic E-state index is 13.5. The Morgan fingerprint density at radius 3 is 2.61 bits per heavy atom. The first-order valence-electron chi connectivity index (χ1n) is 12.3. The second-order valence-electron chi connectivity index (χ2n) is 9.70. The summed E-state index contributed by atoms with van der Waals surface area (Å²) in [6.07, 6.45) is 0.688. The number of aryl methyl sites for hydroxylation is 2. The van der Waals surface area contributed by atoms with Crippen LogP contribution in [0.25, 0.3) is 11.3 Å². The van der Waals surface area contributed by atoms with E-state index >= 15 is 0 Å². The first-order valence-corrected chi connectivity index (χ1v) is 12.3. The molecule has 8 nitrogen and oxygen atoms in total. The molecule has 0 saturated carbocycles. The van der Waals surface area contributed by atoms with Crippen LogP contribution in [0.3, 0.4) is 0 Å². The fourth-order valence-corrected chi connectivity index (χ4v) is 4.73. The van der Waals surface area contributed by atoms with Gasteiger partial charge in [-0.1, -0.05) is 26.0 Å². The number of methoxy groups -OCH3 is 2. The predicted molar refractivity (Wildman–Crippen MR) is 138 cm³/mol. The number of rotatable bonds is 10. The number of phenols is 1. The Morgan fingerprint density at radius 1 is 1.14 bits per heavy atom. The van der Waals surface area contributed by atoms with E-state index < -0.39 is 6.04 Å². The van der Waals surface area contributed by atoms with Gasteiger partial charge in [0.2, 0.25) is 0 Å². The number of benzene rings is 2. The van der Waals surface area contributed by atoms with E-state index in [1.54, 1.807) is 14.2 Å². The minimum Gasteiger partial charge on any atom is -0.507 e. The minimum absolute atomic E-state index is 0.132. The van der Waals surface area contributed by atoms with E-state index in [2.05, 4.69) is 24.0 Å². The SMILES string of the molecule is COCCCN1C(=O)c2[nH]nc(-c3cc(C)cc(C)c3O)c2C1c1ccc(OCC(C)C)c(OC)c1. The quantitative estimate of drug-likeness (QED) is 0.385. The molecule has 192 valence electrons. The molecular formula is C28H35N3O5. The first-order chi connectivity index (χ1) is 17.3. The number of aromatic hydroxyl groups is 1. The van der Waals surface area contributed by atoms with E-state index in [4.69, 9.17) is 14.2 Å². The number of carbonyl (C=O) groups is 1. The Labute approximate surface area is 212 Å². The van der Waals surface area contributed by atoms with Crippen molar-refractivity contribution in [2.75, 3.05) is 34.0 Å². The van der Waals surface area contributed by atoms with Crippen LogP contribution in [-0.4, -0.2) is 60.1 Å². The van der Waals surface area contributed by atoms with E-state index in [-0.39, 0.29) is 11.7 Å². The number of hydrogen-bond donors (Lipinski definition) is 2. The highest BCUT2D eigenvalue weighted by atomic mass is 16.5. The summed E-state index contributed by atoms with van der Waals surface area (Å²) < 4.78 is 16.9. The minimum atomic E-state index is -0.411. The number of nitrogens with zero attached hydrogens (tertiary/aromatic N) is 2. The van der Waals surface area contributed by atoms with Crippen molar-refractivity contribution in [3.8, 4) is 28.5 Å². The van der Waals surface area contributed by atoms with Crippen LogP contribution >= 0.6 is 0 Å². The number of fused-ring (bicyclic) bond motifs is 1. The van der Waals surface area contributed by atoms with Crippen molar-refractivity contribution < 1.29 is 24.1 Å². The topological polar surface area (TPSA) is 96.9 Å². The molecule has 1 aliphatic rings. The van der Waals surface area contributed by atoms with Crippen LogP contribution in [0.15, 0.2) is 30.3 Å².